The first-order valence-electron chi connectivity index (χ1n) is 15.8. The summed E-state index contributed by atoms with van der Waals surface area (Å²) in [6, 6.07) is 11.0. The third-order valence-electron chi connectivity index (χ3n) is 8.81. The van der Waals surface area contributed by atoms with Gasteiger partial charge in [-0.1, -0.05) is 32.4 Å². The van der Waals surface area contributed by atoms with Crippen LogP contribution in [-0.2, 0) is 16.0 Å². The van der Waals surface area contributed by atoms with Crippen molar-refractivity contribution in [3.63, 3.8) is 0 Å². The van der Waals surface area contributed by atoms with Crippen molar-refractivity contribution in [3.8, 4) is 28.4 Å². The highest BCUT2D eigenvalue weighted by atomic mass is 16.5. The van der Waals surface area contributed by atoms with Crippen LogP contribution in [0.4, 0.5) is 5.69 Å². The molecule has 4 aromatic rings. The van der Waals surface area contributed by atoms with Gasteiger partial charge in [0.15, 0.2) is 23.0 Å². The van der Waals surface area contributed by atoms with Crippen LogP contribution in [-0.4, -0.2) is 53.8 Å². The lowest BCUT2D eigenvalue weighted by molar-refractivity contribution is -0.123. The lowest BCUT2D eigenvalue weighted by Gasteiger charge is -2.25. The average Bonchev–Trinajstić information content (AvgIpc) is 3.37. The number of nitrogens with zero attached hydrogens (tertiary/aromatic N) is 3. The van der Waals surface area contributed by atoms with Crippen LogP contribution in [0.1, 0.15) is 69.6 Å². The van der Waals surface area contributed by atoms with Gasteiger partial charge in [-0.05, 0) is 72.7 Å². The van der Waals surface area contributed by atoms with Gasteiger partial charge in [-0.25, -0.2) is 0 Å². The summed E-state index contributed by atoms with van der Waals surface area (Å²) in [6.45, 7) is 7.27. The van der Waals surface area contributed by atoms with Crippen molar-refractivity contribution in [2.24, 2.45) is 5.92 Å². The molecule has 0 fully saturated rings. The second-order valence-electron chi connectivity index (χ2n) is 11.8. The quantitative estimate of drug-likeness (QED) is 0.214. The molecule has 5 rings (SSSR count). The molecular weight excluding hydrogens is 600 g/mol. The van der Waals surface area contributed by atoms with E-state index >= 15 is 0 Å². The molecule has 47 heavy (non-hydrogen) atoms. The summed E-state index contributed by atoms with van der Waals surface area (Å²) in [6.07, 6.45) is 3.66. The number of amides is 2. The maximum atomic E-state index is 13.9. The normalized spacial score (nSPS) is 15.7. The van der Waals surface area contributed by atoms with Crippen LogP contribution < -0.4 is 35.6 Å². The molecule has 1 aliphatic carbocycles. The third-order valence-corrected chi connectivity index (χ3v) is 8.81. The van der Waals surface area contributed by atoms with Gasteiger partial charge in [0.2, 0.25) is 23.0 Å². The van der Waals surface area contributed by atoms with Crippen LogP contribution in [0.25, 0.3) is 16.8 Å². The Hall–Kier alpha value is -5.13. The highest BCUT2D eigenvalue weighted by Gasteiger charge is 2.31. The van der Waals surface area contributed by atoms with Gasteiger partial charge in [0.05, 0.1) is 39.1 Å². The molecule has 2 aromatic heterocycles. The highest BCUT2D eigenvalue weighted by Crippen LogP contribution is 2.50. The van der Waals surface area contributed by atoms with Crippen molar-refractivity contribution in [2.45, 2.75) is 65.1 Å². The maximum Gasteiger partial charge on any atom is 0.243 e. The fourth-order valence-electron chi connectivity index (χ4n) is 6.22. The second kappa shape index (κ2) is 14.1. The van der Waals surface area contributed by atoms with Crippen molar-refractivity contribution >= 4 is 23.1 Å². The number of nitrogens with one attached hydrogen (secondary N) is 3. The summed E-state index contributed by atoms with van der Waals surface area (Å²) in [7, 11) is 4.66. The number of ether oxygens (including phenoxy) is 3. The number of anilines is 1. The minimum Gasteiger partial charge on any atom is -0.493 e. The molecule has 0 bridgehead atoms. The predicted molar refractivity (Wildman–Crippen MR) is 179 cm³/mol. The molecule has 2 heterocycles. The second-order valence-corrected chi connectivity index (χ2v) is 11.8. The van der Waals surface area contributed by atoms with E-state index in [1.807, 2.05) is 61.7 Å². The number of fused-ring (bicyclic) bond motifs is 4. The van der Waals surface area contributed by atoms with E-state index in [1.54, 1.807) is 33.5 Å². The summed E-state index contributed by atoms with van der Waals surface area (Å²) in [5.74, 6) is 1.40. The van der Waals surface area contributed by atoms with E-state index in [1.165, 1.54) is 6.92 Å². The molecule has 0 saturated carbocycles. The van der Waals surface area contributed by atoms with Crippen LogP contribution in [0.15, 0.2) is 53.5 Å². The molecule has 0 aliphatic heterocycles. The van der Waals surface area contributed by atoms with Crippen molar-refractivity contribution in [1.82, 2.24) is 25.2 Å². The van der Waals surface area contributed by atoms with E-state index in [2.05, 4.69) is 26.1 Å². The Morgan fingerprint density at radius 1 is 1.02 bits per heavy atom. The van der Waals surface area contributed by atoms with Crippen LogP contribution in [0.5, 0.6) is 17.2 Å². The summed E-state index contributed by atoms with van der Waals surface area (Å²) in [5.41, 5.74) is 3.63. The van der Waals surface area contributed by atoms with E-state index < -0.39 is 18.1 Å². The van der Waals surface area contributed by atoms with Gasteiger partial charge in [0.1, 0.15) is 6.04 Å². The Morgan fingerprint density at radius 2 is 1.79 bits per heavy atom. The Balaban J connectivity index is 1.57. The minimum atomic E-state index is -0.728. The Kier molecular flexibility index (Phi) is 9.97. The molecule has 248 valence electrons. The summed E-state index contributed by atoms with van der Waals surface area (Å²) in [5, 5.41) is 17.8. The van der Waals surface area contributed by atoms with E-state index in [-0.39, 0.29) is 28.8 Å². The van der Waals surface area contributed by atoms with Gasteiger partial charge in [0, 0.05) is 18.7 Å². The minimum absolute atomic E-state index is 0.121. The summed E-state index contributed by atoms with van der Waals surface area (Å²) >= 11 is 0. The first-order chi connectivity index (χ1) is 22.6. The standard InChI is InChI=1S/C35H42N6O6/c1-8-19(2)31(35(44)36-20(3)34-40-39-29-11-9-10-16-41(29)34)38-26-15-13-23-24(18-27(26)43)25(37-21(4)42)14-12-22-17-28(45-5)32(46-6)33(47-7)30(22)23/h9-11,13,15-20,25,31H,8,12,14H2,1-7H3,(H,36,44)(H,37,42)(H,38,43)/t19-,20+,25+,31+/m1/s1. The first-order valence-corrected chi connectivity index (χ1v) is 15.8. The Morgan fingerprint density at radius 3 is 2.47 bits per heavy atom. The van der Waals surface area contributed by atoms with Gasteiger partial charge < -0.3 is 30.2 Å². The zero-order chi connectivity index (χ0) is 33.8. The molecular formula is C35H42N6O6. The van der Waals surface area contributed by atoms with Crippen molar-refractivity contribution in [1.29, 1.82) is 0 Å². The molecule has 0 spiro atoms. The van der Waals surface area contributed by atoms with Crippen LogP contribution in [0.2, 0.25) is 0 Å². The van der Waals surface area contributed by atoms with E-state index in [9.17, 15) is 14.4 Å². The molecule has 0 saturated heterocycles. The van der Waals surface area contributed by atoms with Crippen LogP contribution >= 0.6 is 0 Å². The average molecular weight is 643 g/mol. The molecule has 2 aromatic carbocycles. The first kappa shape index (κ1) is 33.2. The molecule has 4 atom stereocenters. The molecule has 12 heteroatoms. The number of aryl methyl sites for hydroxylation is 1. The molecule has 1 aliphatic rings. The Bertz CT molecular complexity index is 1860. The zero-order valence-corrected chi connectivity index (χ0v) is 27.8. The van der Waals surface area contributed by atoms with E-state index in [0.717, 1.165) is 11.1 Å². The van der Waals surface area contributed by atoms with Crippen LogP contribution in [0.3, 0.4) is 0 Å². The largest absolute Gasteiger partial charge is 0.493 e. The predicted octanol–water partition coefficient (Wildman–Crippen LogP) is 4.61. The fraction of sp³-hybridized carbons (Fsp3) is 0.400. The van der Waals surface area contributed by atoms with Gasteiger partial charge in [-0.15, -0.1) is 10.2 Å². The van der Waals surface area contributed by atoms with Gasteiger partial charge in [-0.3, -0.25) is 18.8 Å². The number of aromatic nitrogens is 3. The van der Waals surface area contributed by atoms with Gasteiger partial charge >= 0.3 is 0 Å². The molecule has 12 nitrogen and oxygen atoms in total. The molecule has 0 unspecified atom stereocenters. The van der Waals surface area contributed by atoms with E-state index in [4.69, 9.17) is 14.2 Å². The van der Waals surface area contributed by atoms with E-state index in [0.29, 0.717) is 59.1 Å². The smallest absolute Gasteiger partial charge is 0.243 e. The number of hydrogen-bond donors (Lipinski definition) is 3. The number of rotatable bonds is 11. The number of hydrogen-bond acceptors (Lipinski definition) is 9. The monoisotopic (exact) mass is 642 g/mol. The van der Waals surface area contributed by atoms with Crippen molar-refractivity contribution in [3.05, 3.63) is 75.8 Å². The zero-order valence-electron chi connectivity index (χ0n) is 27.8. The SMILES string of the molecule is CC[C@@H](C)[C@H](Nc1ccc2c(cc1=O)[C@@H](NC(C)=O)CCc1cc(OC)c(OC)c(OC)c1-2)C(=O)N[C@@H](C)c1nnc2ccccn12. The molecule has 2 amide bonds. The number of pyridine rings is 1. The summed E-state index contributed by atoms with van der Waals surface area (Å²) < 4.78 is 19.0. The maximum absolute atomic E-state index is 13.9. The van der Waals surface area contributed by atoms with Crippen molar-refractivity contribution < 1.29 is 23.8 Å². The number of benzene rings is 1. The van der Waals surface area contributed by atoms with Gasteiger partial charge in [0.25, 0.3) is 0 Å². The van der Waals surface area contributed by atoms with Crippen molar-refractivity contribution in [2.75, 3.05) is 26.6 Å². The number of methoxy groups -OCH3 is 3. The molecule has 3 N–H and O–H groups in total. The third kappa shape index (κ3) is 6.58. The lowest BCUT2D eigenvalue weighted by Crippen LogP contribution is -2.45. The summed E-state index contributed by atoms with van der Waals surface area (Å²) in [4.78, 5) is 40.1. The van der Waals surface area contributed by atoms with Crippen LogP contribution in [0, 0.1) is 5.92 Å². The fourth-order valence-corrected chi connectivity index (χ4v) is 6.22. The number of carbonyl (C=O) groups excluding carboxylic acids is 2. The topological polar surface area (TPSA) is 145 Å². The Labute approximate surface area is 273 Å². The lowest BCUT2D eigenvalue weighted by atomic mass is 9.95. The van der Waals surface area contributed by atoms with Gasteiger partial charge in [-0.2, -0.15) is 0 Å². The highest BCUT2D eigenvalue weighted by molar-refractivity contribution is 5.86. The number of carbonyl (C=O) groups is 2. The molecule has 0 radical (unpaired) electrons.